The molecule has 1 aromatic carbocycles. The average molecular weight is 361 g/mol. The zero-order valence-corrected chi connectivity index (χ0v) is 16.5. The van der Waals surface area contributed by atoms with E-state index in [4.69, 9.17) is 9.47 Å². The van der Waals surface area contributed by atoms with Crippen molar-refractivity contribution in [3.8, 4) is 5.75 Å². The Hall–Kier alpha value is -1.10. The molecule has 26 heavy (non-hydrogen) atoms. The molecule has 3 rings (SSSR count). The number of ether oxygens (including phenoxy) is 2. The van der Waals surface area contributed by atoms with Crippen LogP contribution >= 0.6 is 0 Å². The molecule has 2 aliphatic rings. The van der Waals surface area contributed by atoms with Crippen LogP contribution in [0.5, 0.6) is 5.75 Å². The van der Waals surface area contributed by atoms with E-state index >= 15 is 0 Å². The number of nitrogens with zero attached hydrogens (tertiary/aromatic N) is 2. The Balaban J connectivity index is 1.65. The zero-order chi connectivity index (χ0) is 18.0. The first kappa shape index (κ1) is 19.7. The standard InChI is InChI=1S/C22H36N2O2/c1-25-17-15-23-12-4-5-14-24-13-3-2-8-21(24)11-10-20-7-6-9-22(19-20)26-18-16-23/h6-7,9,19,21H,2-5,8,10-18H2,1H3. The van der Waals surface area contributed by atoms with Gasteiger partial charge in [-0.3, -0.25) is 4.90 Å². The molecule has 1 saturated heterocycles. The molecule has 4 heteroatoms. The molecule has 0 aromatic heterocycles. The molecule has 2 aliphatic heterocycles. The second kappa shape index (κ2) is 10.9. The van der Waals surface area contributed by atoms with Gasteiger partial charge < -0.3 is 14.4 Å². The molecular weight excluding hydrogens is 324 g/mol. The van der Waals surface area contributed by atoms with Gasteiger partial charge in [-0.15, -0.1) is 0 Å². The Kier molecular flexibility index (Phi) is 8.24. The van der Waals surface area contributed by atoms with Crippen LogP contribution < -0.4 is 4.74 Å². The largest absolute Gasteiger partial charge is 0.492 e. The highest BCUT2D eigenvalue weighted by molar-refractivity contribution is 5.28. The van der Waals surface area contributed by atoms with Crippen molar-refractivity contribution in [3.05, 3.63) is 29.8 Å². The second-order valence-electron chi connectivity index (χ2n) is 7.76. The van der Waals surface area contributed by atoms with Gasteiger partial charge in [-0.05, 0) is 75.9 Å². The Labute approximate surface area is 159 Å². The molecule has 1 atom stereocenters. The fourth-order valence-corrected chi connectivity index (χ4v) is 4.30. The number of hydrogen-bond acceptors (Lipinski definition) is 4. The second-order valence-corrected chi connectivity index (χ2v) is 7.76. The van der Waals surface area contributed by atoms with Crippen LogP contribution in [0, 0.1) is 0 Å². The van der Waals surface area contributed by atoms with E-state index in [1.165, 1.54) is 63.6 Å². The number of fused-ring (bicyclic) bond motifs is 3. The number of rotatable bonds is 3. The van der Waals surface area contributed by atoms with E-state index in [2.05, 4.69) is 34.1 Å². The smallest absolute Gasteiger partial charge is 0.119 e. The maximum Gasteiger partial charge on any atom is 0.119 e. The van der Waals surface area contributed by atoms with Crippen molar-refractivity contribution in [2.75, 3.05) is 53.0 Å². The van der Waals surface area contributed by atoms with Gasteiger partial charge in [0.15, 0.2) is 0 Å². The quantitative estimate of drug-likeness (QED) is 0.822. The van der Waals surface area contributed by atoms with Crippen molar-refractivity contribution in [3.63, 3.8) is 0 Å². The molecule has 1 aromatic rings. The molecule has 2 bridgehead atoms. The average Bonchev–Trinajstić information content (AvgIpc) is 2.68. The minimum atomic E-state index is 0.752. The lowest BCUT2D eigenvalue weighted by molar-refractivity contribution is 0.123. The molecule has 0 radical (unpaired) electrons. The van der Waals surface area contributed by atoms with Crippen LogP contribution in [-0.2, 0) is 11.2 Å². The summed E-state index contributed by atoms with van der Waals surface area (Å²) in [6.07, 6.45) is 9.15. The van der Waals surface area contributed by atoms with Gasteiger partial charge >= 0.3 is 0 Å². The van der Waals surface area contributed by atoms with E-state index in [-0.39, 0.29) is 0 Å². The van der Waals surface area contributed by atoms with E-state index < -0.39 is 0 Å². The molecule has 4 nitrogen and oxygen atoms in total. The molecule has 0 N–H and O–H groups in total. The molecule has 0 saturated carbocycles. The van der Waals surface area contributed by atoms with Gasteiger partial charge in [-0.25, -0.2) is 0 Å². The molecular formula is C22H36N2O2. The summed E-state index contributed by atoms with van der Waals surface area (Å²) in [6, 6.07) is 9.50. The summed E-state index contributed by atoms with van der Waals surface area (Å²) in [6.45, 7) is 7.21. The summed E-state index contributed by atoms with van der Waals surface area (Å²) in [4.78, 5) is 5.25. The lowest BCUT2D eigenvalue weighted by Gasteiger charge is -2.36. The van der Waals surface area contributed by atoms with Crippen molar-refractivity contribution in [2.45, 2.75) is 51.0 Å². The first-order valence-electron chi connectivity index (χ1n) is 10.5. The van der Waals surface area contributed by atoms with E-state index in [0.717, 1.165) is 44.6 Å². The van der Waals surface area contributed by atoms with Gasteiger partial charge in [0, 0.05) is 26.2 Å². The third-order valence-corrected chi connectivity index (χ3v) is 5.87. The maximum atomic E-state index is 6.05. The van der Waals surface area contributed by atoms with Crippen molar-refractivity contribution in [1.82, 2.24) is 9.80 Å². The van der Waals surface area contributed by atoms with Crippen LogP contribution in [0.25, 0.3) is 0 Å². The highest BCUT2D eigenvalue weighted by atomic mass is 16.5. The molecule has 0 aliphatic carbocycles. The summed E-state index contributed by atoms with van der Waals surface area (Å²) in [5.41, 5.74) is 1.42. The number of aryl methyl sites for hydroxylation is 1. The first-order chi connectivity index (χ1) is 12.8. The van der Waals surface area contributed by atoms with Gasteiger partial charge in [0.2, 0.25) is 0 Å². The van der Waals surface area contributed by atoms with E-state index in [1.807, 2.05) is 0 Å². The normalized spacial score (nSPS) is 24.1. The fraction of sp³-hybridized carbons (Fsp3) is 0.727. The van der Waals surface area contributed by atoms with Crippen LogP contribution in [0.3, 0.4) is 0 Å². The number of benzene rings is 1. The molecule has 1 unspecified atom stereocenters. The Bertz CT molecular complexity index is 523. The topological polar surface area (TPSA) is 24.9 Å². The predicted octanol–water partition coefficient (Wildman–Crippen LogP) is 3.59. The van der Waals surface area contributed by atoms with Crippen LogP contribution in [0.1, 0.15) is 44.1 Å². The Morgan fingerprint density at radius 2 is 1.88 bits per heavy atom. The Morgan fingerprint density at radius 1 is 1.04 bits per heavy atom. The van der Waals surface area contributed by atoms with Gasteiger partial charge in [0.05, 0.1) is 6.61 Å². The number of hydrogen-bond donors (Lipinski definition) is 0. The highest BCUT2D eigenvalue weighted by Crippen LogP contribution is 2.23. The maximum absolute atomic E-state index is 6.05. The summed E-state index contributed by atoms with van der Waals surface area (Å²) in [5, 5.41) is 0. The minimum Gasteiger partial charge on any atom is -0.492 e. The van der Waals surface area contributed by atoms with Crippen LogP contribution in [-0.4, -0.2) is 68.9 Å². The summed E-state index contributed by atoms with van der Waals surface area (Å²) >= 11 is 0. The van der Waals surface area contributed by atoms with Crippen LogP contribution in [0.15, 0.2) is 24.3 Å². The van der Waals surface area contributed by atoms with Crippen molar-refractivity contribution < 1.29 is 9.47 Å². The molecule has 0 amide bonds. The zero-order valence-electron chi connectivity index (χ0n) is 16.5. The van der Waals surface area contributed by atoms with Gasteiger partial charge in [0.25, 0.3) is 0 Å². The van der Waals surface area contributed by atoms with Gasteiger partial charge in [-0.1, -0.05) is 18.6 Å². The predicted molar refractivity (Wildman–Crippen MR) is 107 cm³/mol. The SMILES string of the molecule is COCCN1CCCCN2CCCCC2CCc2cccc(c2)OCC1. The van der Waals surface area contributed by atoms with Gasteiger partial charge in [-0.2, -0.15) is 0 Å². The summed E-state index contributed by atoms with van der Waals surface area (Å²) in [5.74, 6) is 1.02. The summed E-state index contributed by atoms with van der Waals surface area (Å²) in [7, 11) is 1.78. The minimum absolute atomic E-state index is 0.752. The van der Waals surface area contributed by atoms with Gasteiger partial charge in [0.1, 0.15) is 12.4 Å². The lowest BCUT2D eigenvalue weighted by Crippen LogP contribution is -2.40. The van der Waals surface area contributed by atoms with Crippen LogP contribution in [0.2, 0.25) is 0 Å². The summed E-state index contributed by atoms with van der Waals surface area (Å²) < 4.78 is 11.3. The highest BCUT2D eigenvalue weighted by Gasteiger charge is 2.21. The van der Waals surface area contributed by atoms with Crippen molar-refractivity contribution in [1.29, 1.82) is 0 Å². The number of methoxy groups -OCH3 is 1. The fourth-order valence-electron chi connectivity index (χ4n) is 4.30. The molecule has 2 heterocycles. The third-order valence-electron chi connectivity index (χ3n) is 5.87. The molecule has 146 valence electrons. The third kappa shape index (κ3) is 6.26. The van der Waals surface area contributed by atoms with Crippen molar-refractivity contribution >= 4 is 0 Å². The van der Waals surface area contributed by atoms with Crippen LogP contribution in [0.4, 0.5) is 0 Å². The lowest BCUT2D eigenvalue weighted by atomic mass is 9.95. The number of piperidine rings is 1. The molecule has 0 spiro atoms. The van der Waals surface area contributed by atoms with E-state index in [1.54, 1.807) is 7.11 Å². The van der Waals surface area contributed by atoms with E-state index in [9.17, 15) is 0 Å². The first-order valence-corrected chi connectivity index (χ1v) is 10.5. The van der Waals surface area contributed by atoms with E-state index in [0.29, 0.717) is 0 Å². The van der Waals surface area contributed by atoms with Crippen molar-refractivity contribution in [2.24, 2.45) is 0 Å². The monoisotopic (exact) mass is 360 g/mol. The molecule has 1 fully saturated rings. The Morgan fingerprint density at radius 3 is 2.77 bits per heavy atom.